The Labute approximate surface area is 132 Å². The van der Waals surface area contributed by atoms with Gasteiger partial charge in [0.2, 0.25) is 0 Å². The maximum Gasteiger partial charge on any atom is 0.171 e. The minimum atomic E-state index is -0.0419. The number of rotatable bonds is 3. The molecule has 0 fully saturated rings. The zero-order valence-electron chi connectivity index (χ0n) is 11.2. The molecule has 108 valence electrons. The van der Waals surface area contributed by atoms with Crippen LogP contribution in [0.4, 0.5) is 5.69 Å². The number of halogens is 2. The molecule has 3 rings (SSSR count). The van der Waals surface area contributed by atoms with Crippen molar-refractivity contribution in [1.82, 2.24) is 0 Å². The van der Waals surface area contributed by atoms with Gasteiger partial charge < -0.3 is 10.1 Å². The molecule has 3 nitrogen and oxygen atoms in total. The largest absolute Gasteiger partial charge is 0.489 e. The number of anilines is 1. The second kappa shape index (κ2) is 5.96. The number of carbonyl (C=O) groups is 1. The zero-order valence-corrected chi connectivity index (χ0v) is 12.7. The fraction of sp³-hybridized carbons (Fsp3) is 0.188. The quantitative estimate of drug-likeness (QED) is 0.860. The fourth-order valence-electron chi connectivity index (χ4n) is 2.34. The maximum absolute atomic E-state index is 12.5. The van der Waals surface area contributed by atoms with Crippen LogP contribution in [0.5, 0.6) is 5.75 Å². The Morgan fingerprint density at radius 3 is 2.86 bits per heavy atom. The molecule has 1 heterocycles. The van der Waals surface area contributed by atoms with Crippen LogP contribution in [0.2, 0.25) is 10.0 Å². The topological polar surface area (TPSA) is 38.3 Å². The molecule has 0 spiro atoms. The Bertz CT molecular complexity index is 701. The molecule has 0 atom stereocenters. The molecule has 0 aliphatic carbocycles. The van der Waals surface area contributed by atoms with E-state index in [2.05, 4.69) is 5.32 Å². The van der Waals surface area contributed by atoms with Crippen LogP contribution in [0.3, 0.4) is 0 Å². The molecule has 1 aliphatic heterocycles. The van der Waals surface area contributed by atoms with Gasteiger partial charge in [0.15, 0.2) is 11.5 Å². The van der Waals surface area contributed by atoms with Crippen molar-refractivity contribution >= 4 is 34.7 Å². The Kier molecular flexibility index (Phi) is 4.04. The first-order valence-corrected chi connectivity index (χ1v) is 7.38. The predicted octanol–water partition coefficient (Wildman–Crippen LogP) is 4.22. The SMILES string of the molecule is O=C(Cc1cccc(Cl)c1Cl)c1cccc2c1OCCN2. The third-order valence-electron chi connectivity index (χ3n) is 3.36. The van der Waals surface area contributed by atoms with Crippen LogP contribution in [0.15, 0.2) is 36.4 Å². The number of hydrogen-bond donors (Lipinski definition) is 1. The molecule has 0 amide bonds. The first kappa shape index (κ1) is 14.2. The highest BCUT2D eigenvalue weighted by molar-refractivity contribution is 6.42. The number of para-hydroxylation sites is 1. The van der Waals surface area contributed by atoms with Crippen LogP contribution in [0, 0.1) is 0 Å². The molecular formula is C16H13Cl2NO2. The summed E-state index contributed by atoms with van der Waals surface area (Å²) < 4.78 is 5.63. The summed E-state index contributed by atoms with van der Waals surface area (Å²) >= 11 is 12.1. The molecule has 5 heteroatoms. The number of ketones is 1. The number of benzene rings is 2. The van der Waals surface area contributed by atoms with E-state index in [0.29, 0.717) is 28.0 Å². The van der Waals surface area contributed by atoms with Crippen molar-refractivity contribution in [2.45, 2.75) is 6.42 Å². The smallest absolute Gasteiger partial charge is 0.171 e. The van der Waals surface area contributed by atoms with Gasteiger partial charge in [-0.3, -0.25) is 4.79 Å². The van der Waals surface area contributed by atoms with Gasteiger partial charge in [-0.05, 0) is 23.8 Å². The van der Waals surface area contributed by atoms with E-state index >= 15 is 0 Å². The van der Waals surface area contributed by atoms with Crippen molar-refractivity contribution in [3.63, 3.8) is 0 Å². The molecule has 0 bridgehead atoms. The maximum atomic E-state index is 12.5. The van der Waals surface area contributed by atoms with E-state index in [1.54, 1.807) is 24.3 Å². The lowest BCUT2D eigenvalue weighted by molar-refractivity contribution is 0.0989. The number of Topliss-reactive ketones (excluding diaryl/α,β-unsaturated/α-hetero) is 1. The van der Waals surface area contributed by atoms with E-state index in [1.165, 1.54) is 0 Å². The molecule has 0 aromatic heterocycles. The standard InChI is InChI=1S/C16H13Cl2NO2/c17-12-5-1-3-10(15(12)18)9-14(20)11-4-2-6-13-16(11)21-8-7-19-13/h1-6,19H,7-9H2. The third kappa shape index (κ3) is 2.85. The number of ether oxygens (including phenoxy) is 1. The first-order chi connectivity index (χ1) is 10.2. The molecule has 0 saturated carbocycles. The van der Waals surface area contributed by atoms with Gasteiger partial charge in [0.05, 0.1) is 21.3 Å². The molecule has 21 heavy (non-hydrogen) atoms. The second-order valence-corrected chi connectivity index (χ2v) is 5.56. The highest BCUT2D eigenvalue weighted by Crippen LogP contribution is 2.33. The Morgan fingerprint density at radius 1 is 1.19 bits per heavy atom. The van der Waals surface area contributed by atoms with Crippen molar-refractivity contribution in [3.05, 3.63) is 57.6 Å². The van der Waals surface area contributed by atoms with E-state index in [0.717, 1.165) is 17.8 Å². The van der Waals surface area contributed by atoms with Gasteiger partial charge >= 0.3 is 0 Å². The average molecular weight is 322 g/mol. The van der Waals surface area contributed by atoms with Crippen molar-refractivity contribution in [2.75, 3.05) is 18.5 Å². The van der Waals surface area contributed by atoms with E-state index in [1.807, 2.05) is 12.1 Å². The van der Waals surface area contributed by atoms with Gasteiger partial charge in [0.1, 0.15) is 6.61 Å². The average Bonchev–Trinajstić information content (AvgIpc) is 2.51. The summed E-state index contributed by atoms with van der Waals surface area (Å²) in [5.74, 6) is 0.576. The lowest BCUT2D eigenvalue weighted by atomic mass is 10.0. The Hall–Kier alpha value is -1.71. The molecule has 0 radical (unpaired) electrons. The summed E-state index contributed by atoms with van der Waals surface area (Å²) in [4.78, 5) is 12.5. The van der Waals surface area contributed by atoms with Gasteiger partial charge in [0, 0.05) is 13.0 Å². The molecule has 0 unspecified atom stereocenters. The lowest BCUT2D eigenvalue weighted by Gasteiger charge is -2.21. The summed E-state index contributed by atoms with van der Waals surface area (Å²) in [5.41, 5.74) is 2.13. The van der Waals surface area contributed by atoms with Gasteiger partial charge in [0.25, 0.3) is 0 Å². The van der Waals surface area contributed by atoms with Crippen molar-refractivity contribution < 1.29 is 9.53 Å². The third-order valence-corrected chi connectivity index (χ3v) is 4.22. The Balaban J connectivity index is 1.91. The molecule has 1 aliphatic rings. The van der Waals surface area contributed by atoms with E-state index in [9.17, 15) is 4.79 Å². The highest BCUT2D eigenvalue weighted by Gasteiger charge is 2.20. The summed E-state index contributed by atoms with van der Waals surface area (Å²) in [6.07, 6.45) is 0.194. The van der Waals surface area contributed by atoms with E-state index in [4.69, 9.17) is 27.9 Å². The monoisotopic (exact) mass is 321 g/mol. The summed E-state index contributed by atoms with van der Waals surface area (Å²) in [6, 6.07) is 10.8. The molecule has 2 aromatic carbocycles. The van der Waals surface area contributed by atoms with Gasteiger partial charge in [-0.1, -0.05) is 41.4 Å². The highest BCUT2D eigenvalue weighted by atomic mass is 35.5. The summed E-state index contributed by atoms with van der Waals surface area (Å²) in [5, 5.41) is 4.10. The first-order valence-electron chi connectivity index (χ1n) is 6.62. The van der Waals surface area contributed by atoms with Crippen LogP contribution < -0.4 is 10.1 Å². The van der Waals surface area contributed by atoms with Gasteiger partial charge in [-0.25, -0.2) is 0 Å². The van der Waals surface area contributed by atoms with E-state index in [-0.39, 0.29) is 12.2 Å². The fourth-order valence-corrected chi connectivity index (χ4v) is 2.73. The van der Waals surface area contributed by atoms with Crippen molar-refractivity contribution in [2.24, 2.45) is 0 Å². The summed E-state index contributed by atoms with van der Waals surface area (Å²) in [7, 11) is 0. The molecule has 2 aromatic rings. The predicted molar refractivity (Wildman–Crippen MR) is 84.9 cm³/mol. The van der Waals surface area contributed by atoms with Crippen molar-refractivity contribution in [1.29, 1.82) is 0 Å². The van der Waals surface area contributed by atoms with Crippen molar-refractivity contribution in [3.8, 4) is 5.75 Å². The number of hydrogen-bond acceptors (Lipinski definition) is 3. The van der Waals surface area contributed by atoms with Gasteiger partial charge in [-0.2, -0.15) is 0 Å². The minimum Gasteiger partial charge on any atom is -0.489 e. The molecular weight excluding hydrogens is 309 g/mol. The number of carbonyl (C=O) groups excluding carboxylic acids is 1. The van der Waals surface area contributed by atoms with Gasteiger partial charge in [-0.15, -0.1) is 0 Å². The van der Waals surface area contributed by atoms with Crippen LogP contribution in [0.25, 0.3) is 0 Å². The van der Waals surface area contributed by atoms with E-state index < -0.39 is 0 Å². The minimum absolute atomic E-state index is 0.0419. The van der Waals surface area contributed by atoms with Crippen LogP contribution in [-0.2, 0) is 6.42 Å². The number of fused-ring (bicyclic) bond motifs is 1. The summed E-state index contributed by atoms with van der Waals surface area (Å²) in [6.45, 7) is 1.29. The second-order valence-electron chi connectivity index (χ2n) is 4.77. The van der Waals surface area contributed by atoms with Crippen LogP contribution >= 0.6 is 23.2 Å². The van der Waals surface area contributed by atoms with Crippen LogP contribution in [0.1, 0.15) is 15.9 Å². The molecule has 1 N–H and O–H groups in total. The zero-order chi connectivity index (χ0) is 14.8. The normalized spacial score (nSPS) is 13.0. The number of nitrogens with one attached hydrogen (secondary N) is 1. The lowest BCUT2D eigenvalue weighted by Crippen LogP contribution is -2.20. The molecule has 0 saturated heterocycles. The van der Waals surface area contributed by atoms with Crippen LogP contribution in [-0.4, -0.2) is 18.9 Å². The Morgan fingerprint density at radius 2 is 2.00 bits per heavy atom.